The molecule has 2 N–H and O–H groups in total. The molecule has 0 heterocycles. The zero-order valence-electron chi connectivity index (χ0n) is 15.6. The summed E-state index contributed by atoms with van der Waals surface area (Å²) in [4.78, 5) is 50.1. The van der Waals surface area contributed by atoms with Crippen molar-refractivity contribution in [3.63, 3.8) is 0 Å². The summed E-state index contributed by atoms with van der Waals surface area (Å²) in [5, 5.41) is 4.15. The molecule has 0 unspecified atom stereocenters. The third-order valence-corrected chi connectivity index (χ3v) is 6.46. The van der Waals surface area contributed by atoms with E-state index < -0.39 is 21.6 Å². The van der Waals surface area contributed by atoms with Crippen molar-refractivity contribution in [2.24, 2.45) is 11.8 Å². The van der Waals surface area contributed by atoms with Gasteiger partial charge in [-0.1, -0.05) is 61.7 Å². The van der Waals surface area contributed by atoms with Crippen LogP contribution in [-0.2, 0) is 19.2 Å². The predicted octanol–water partition coefficient (Wildman–Crippen LogP) is 3.43. The van der Waals surface area contributed by atoms with Crippen molar-refractivity contribution in [3.05, 3.63) is 21.5 Å². The molecule has 6 nitrogen and oxygen atoms in total. The van der Waals surface area contributed by atoms with Crippen LogP contribution >= 0.6 is 23.2 Å². The van der Waals surface area contributed by atoms with Gasteiger partial charge in [-0.25, -0.2) is 0 Å². The molecule has 152 valence electrons. The lowest BCUT2D eigenvalue weighted by Crippen LogP contribution is -2.41. The first kappa shape index (κ1) is 21.1. The second kappa shape index (κ2) is 9.23. The molecule has 3 aliphatic rings. The fourth-order valence-corrected chi connectivity index (χ4v) is 4.50. The lowest BCUT2D eigenvalue weighted by atomic mass is 9.88. The predicted molar refractivity (Wildman–Crippen MR) is 105 cm³/mol. The van der Waals surface area contributed by atoms with Crippen LogP contribution in [-0.4, -0.2) is 23.4 Å². The van der Waals surface area contributed by atoms with E-state index in [1.54, 1.807) is 0 Å². The fraction of sp³-hybridized carbons (Fsp3) is 0.600. The van der Waals surface area contributed by atoms with Crippen molar-refractivity contribution in [3.8, 4) is 0 Å². The van der Waals surface area contributed by atoms with Crippen molar-refractivity contribution in [1.29, 1.82) is 0 Å². The van der Waals surface area contributed by atoms with Gasteiger partial charge in [-0.3, -0.25) is 19.2 Å². The van der Waals surface area contributed by atoms with E-state index in [2.05, 4.69) is 10.6 Å². The Kier molecular flexibility index (Phi) is 6.94. The van der Waals surface area contributed by atoms with Crippen LogP contribution in [0.15, 0.2) is 21.5 Å². The van der Waals surface area contributed by atoms with E-state index in [0.717, 1.165) is 64.2 Å². The molecule has 28 heavy (non-hydrogen) atoms. The molecule has 0 spiro atoms. The minimum atomic E-state index is -0.755. The minimum absolute atomic E-state index is 0.205. The van der Waals surface area contributed by atoms with E-state index in [-0.39, 0.29) is 35.0 Å². The van der Waals surface area contributed by atoms with Gasteiger partial charge in [-0.15, -0.1) is 0 Å². The average molecular weight is 427 g/mol. The number of ketones is 2. The number of carbonyl (C=O) groups is 4. The maximum Gasteiger partial charge on any atom is 0.227 e. The molecule has 0 aliphatic heterocycles. The van der Waals surface area contributed by atoms with Gasteiger partial charge in [0.1, 0.15) is 21.5 Å². The molecule has 0 aromatic rings. The van der Waals surface area contributed by atoms with Gasteiger partial charge in [0.25, 0.3) is 0 Å². The van der Waals surface area contributed by atoms with Crippen LogP contribution in [0.25, 0.3) is 0 Å². The third kappa shape index (κ3) is 4.49. The molecular formula is C20H24Cl2N2O4. The molecule has 0 aromatic heterocycles. The molecule has 0 bridgehead atoms. The van der Waals surface area contributed by atoms with Crippen molar-refractivity contribution in [1.82, 2.24) is 10.6 Å². The van der Waals surface area contributed by atoms with Crippen LogP contribution in [0.4, 0.5) is 0 Å². The Morgan fingerprint density at radius 2 is 0.964 bits per heavy atom. The van der Waals surface area contributed by atoms with Gasteiger partial charge in [0, 0.05) is 11.8 Å². The fourth-order valence-electron chi connectivity index (χ4n) is 4.05. The number of rotatable bonds is 4. The minimum Gasteiger partial charge on any atom is -0.321 e. The summed E-state index contributed by atoms with van der Waals surface area (Å²) < 4.78 is 0. The highest BCUT2D eigenvalue weighted by atomic mass is 35.5. The summed E-state index contributed by atoms with van der Waals surface area (Å²) in [5.41, 5.74) is -0.606. The first-order chi connectivity index (χ1) is 13.4. The van der Waals surface area contributed by atoms with Gasteiger partial charge in [0.15, 0.2) is 0 Å². The zero-order valence-corrected chi connectivity index (χ0v) is 17.1. The average Bonchev–Trinajstić information content (AvgIpc) is 2.73. The summed E-state index contributed by atoms with van der Waals surface area (Å²) in [6, 6.07) is 0. The van der Waals surface area contributed by atoms with Gasteiger partial charge in [-0.05, 0) is 25.7 Å². The first-order valence-corrected chi connectivity index (χ1v) is 10.7. The van der Waals surface area contributed by atoms with Gasteiger partial charge >= 0.3 is 0 Å². The lowest BCUT2D eigenvalue weighted by molar-refractivity contribution is -0.127. The number of hydrogen-bond acceptors (Lipinski definition) is 4. The Balaban J connectivity index is 1.72. The molecule has 0 saturated heterocycles. The Bertz CT molecular complexity index is 696. The van der Waals surface area contributed by atoms with Crippen LogP contribution in [0, 0.1) is 11.8 Å². The highest BCUT2D eigenvalue weighted by Gasteiger charge is 2.37. The highest BCUT2D eigenvalue weighted by Crippen LogP contribution is 2.30. The highest BCUT2D eigenvalue weighted by molar-refractivity contribution is 6.56. The third-order valence-electron chi connectivity index (χ3n) is 5.74. The standard InChI is InChI=1S/C20H24Cl2N2O4/c21-13-15(23-19(27)11-7-3-1-4-8-11)17(25)14(22)16(18(13)26)24-20(28)12-9-5-2-6-10-12/h11-12H,1-10H2,(H,23,27)(H,24,28). The van der Waals surface area contributed by atoms with Crippen LogP contribution < -0.4 is 10.6 Å². The molecule has 3 rings (SSSR count). The van der Waals surface area contributed by atoms with Gasteiger partial charge in [0.2, 0.25) is 23.4 Å². The number of allylic oxidation sites excluding steroid dienone is 2. The summed E-state index contributed by atoms with van der Waals surface area (Å²) >= 11 is 12.2. The Labute approximate surface area is 174 Å². The number of hydrogen-bond donors (Lipinski definition) is 2. The summed E-state index contributed by atoms with van der Waals surface area (Å²) in [6.45, 7) is 0. The van der Waals surface area contributed by atoms with Crippen LogP contribution in [0.5, 0.6) is 0 Å². The topological polar surface area (TPSA) is 92.3 Å². The molecule has 0 atom stereocenters. The first-order valence-electron chi connectivity index (χ1n) is 9.90. The zero-order chi connectivity index (χ0) is 20.3. The summed E-state index contributed by atoms with van der Waals surface area (Å²) in [6.07, 6.45) is 8.95. The lowest BCUT2D eigenvalue weighted by Gasteiger charge is -2.25. The normalized spacial score (nSPS) is 22.5. The maximum atomic E-state index is 12.6. The summed E-state index contributed by atoms with van der Waals surface area (Å²) in [7, 11) is 0. The smallest absolute Gasteiger partial charge is 0.227 e. The van der Waals surface area contributed by atoms with E-state index in [1.165, 1.54) is 0 Å². The van der Waals surface area contributed by atoms with Crippen molar-refractivity contribution in [2.45, 2.75) is 64.2 Å². The Morgan fingerprint density at radius 1 is 0.643 bits per heavy atom. The maximum absolute atomic E-state index is 12.6. The van der Waals surface area contributed by atoms with E-state index in [1.807, 2.05) is 0 Å². The number of amides is 2. The number of carbonyl (C=O) groups excluding carboxylic acids is 4. The quantitative estimate of drug-likeness (QED) is 0.673. The second-order valence-electron chi connectivity index (χ2n) is 7.68. The SMILES string of the molecule is O=C1C(Cl)=C(NC(=O)C2CCCCC2)C(=O)C(Cl)=C1NC(=O)C1CCCCC1. The molecule has 2 saturated carbocycles. The number of halogens is 2. The van der Waals surface area contributed by atoms with E-state index in [9.17, 15) is 19.2 Å². The summed E-state index contributed by atoms with van der Waals surface area (Å²) in [5.74, 6) is -2.57. The number of Topliss-reactive ketones (excluding diaryl/α,β-unsaturated/α-hetero) is 2. The Hall–Kier alpha value is -1.66. The monoisotopic (exact) mass is 426 g/mol. The van der Waals surface area contributed by atoms with Crippen LogP contribution in [0.1, 0.15) is 64.2 Å². The van der Waals surface area contributed by atoms with E-state index in [4.69, 9.17) is 23.2 Å². The molecule has 0 aromatic carbocycles. The molecule has 2 fully saturated rings. The molecule has 0 radical (unpaired) electrons. The van der Waals surface area contributed by atoms with Gasteiger partial charge in [-0.2, -0.15) is 0 Å². The van der Waals surface area contributed by atoms with Crippen LogP contribution in [0.3, 0.4) is 0 Å². The van der Waals surface area contributed by atoms with Crippen molar-refractivity contribution >= 4 is 46.6 Å². The van der Waals surface area contributed by atoms with E-state index >= 15 is 0 Å². The Morgan fingerprint density at radius 3 is 1.29 bits per heavy atom. The number of nitrogens with one attached hydrogen (secondary N) is 2. The van der Waals surface area contributed by atoms with Crippen molar-refractivity contribution < 1.29 is 19.2 Å². The van der Waals surface area contributed by atoms with E-state index in [0.29, 0.717) is 0 Å². The largest absolute Gasteiger partial charge is 0.321 e. The molecule has 2 amide bonds. The molecular weight excluding hydrogens is 403 g/mol. The van der Waals surface area contributed by atoms with Gasteiger partial charge in [0.05, 0.1) is 0 Å². The second-order valence-corrected chi connectivity index (χ2v) is 8.44. The van der Waals surface area contributed by atoms with Gasteiger partial charge < -0.3 is 10.6 Å². The molecule has 8 heteroatoms. The van der Waals surface area contributed by atoms with Crippen LogP contribution in [0.2, 0.25) is 0 Å². The van der Waals surface area contributed by atoms with Crippen molar-refractivity contribution in [2.75, 3.05) is 0 Å². The molecule has 3 aliphatic carbocycles.